The number of nitrogens with one attached hydrogen (secondary N) is 7. The minimum Gasteiger partial charge on any atom is -0.508 e. The quantitative estimate of drug-likeness (QED) is 0.0167. The van der Waals surface area contributed by atoms with Crippen LogP contribution in [0.15, 0.2) is 170 Å². The monoisotopic (exact) mass is 1970 g/mol. The van der Waals surface area contributed by atoms with Gasteiger partial charge in [-0.2, -0.15) is 0 Å². The highest BCUT2D eigenvalue weighted by Crippen LogP contribution is 2.41. The summed E-state index contributed by atoms with van der Waals surface area (Å²) in [5.74, 6) is 0.157. The maximum Gasteiger partial charge on any atom is 0.187 e. The number of hydrogen-bond donors (Lipinski definition) is 28. The second kappa shape index (κ2) is 50.5. The van der Waals surface area contributed by atoms with E-state index in [0.717, 1.165) is 38.9 Å². The molecule has 28 rings (SSSR count). The van der Waals surface area contributed by atoms with Gasteiger partial charge >= 0.3 is 0 Å². The molecular weight excluding hydrogens is 1840 g/mol. The van der Waals surface area contributed by atoms with Crippen LogP contribution in [0.1, 0.15) is 38.9 Å². The highest BCUT2D eigenvalue weighted by atomic mass is 16.8. The fourth-order valence-electron chi connectivity index (χ4n) is 18.5. The van der Waals surface area contributed by atoms with E-state index in [9.17, 15) is 107 Å². The first-order chi connectivity index (χ1) is 67.5. The molecule has 7 aromatic rings. The molecule has 35 atom stereocenters. The predicted octanol–water partition coefficient (Wildman–Crippen LogP) is -4.41. The number of phenolic OH excluding ortho intramolecular Hbond substituents is 7. The number of hydrogen-bond acceptors (Lipinski definition) is 42. The Morgan fingerprint density at radius 2 is 0.257 bits per heavy atom. The number of ether oxygens (including phenoxy) is 14. The first-order valence-corrected chi connectivity index (χ1v) is 47.6. The maximum absolute atomic E-state index is 12.7. The number of aromatic hydroxyl groups is 7. The fourth-order valence-corrected chi connectivity index (χ4v) is 18.5. The zero-order valence-electron chi connectivity index (χ0n) is 76.8. The van der Waals surface area contributed by atoms with Crippen molar-refractivity contribution in [2.24, 2.45) is 0 Å². The van der Waals surface area contributed by atoms with Gasteiger partial charge in [0.1, 0.15) is 211 Å². The lowest BCUT2D eigenvalue weighted by Crippen LogP contribution is -2.69. The van der Waals surface area contributed by atoms with E-state index in [1.54, 1.807) is 84.9 Å². The number of benzene rings is 7. The summed E-state index contributed by atoms with van der Waals surface area (Å²) in [6.07, 6.45) is -63.7. The molecule has 0 amide bonds. The van der Waals surface area contributed by atoms with Crippen molar-refractivity contribution in [2.75, 3.05) is 91.6 Å². The molecule has 21 fully saturated rings. The van der Waals surface area contributed by atoms with Gasteiger partial charge in [0, 0.05) is 45.8 Å². The van der Waals surface area contributed by atoms with E-state index in [1.807, 2.05) is 0 Å². The Kier molecular flexibility index (Phi) is 38.2. The molecule has 28 N–H and O–H groups in total. The summed E-state index contributed by atoms with van der Waals surface area (Å²) in [4.78, 5) is 0. The van der Waals surface area contributed by atoms with E-state index in [-0.39, 0.29) is 132 Å². The van der Waals surface area contributed by atoms with Gasteiger partial charge in [0.2, 0.25) is 0 Å². The van der Waals surface area contributed by atoms with Crippen molar-refractivity contribution in [3.05, 3.63) is 209 Å². The van der Waals surface area contributed by atoms with Gasteiger partial charge in [-0.3, -0.25) is 0 Å². The second-order valence-electron chi connectivity index (χ2n) is 36.7. The number of phenols is 7. The van der Waals surface area contributed by atoms with Gasteiger partial charge in [-0.05, 0) is 215 Å². The third-order valence-electron chi connectivity index (χ3n) is 26.6. The standard InChI is InChI=1S/C98H133N7O35/c106-57-15-1-50(2-16-57)29-36-99-43-64-85-71(113)78(120)92(127-64)135-86-65(44-100-37-30-51-3-17-58(107)18-4-51)129-94(80(122)73(86)115)137-88-67(46-102-39-32-53-7-21-60(109)22-8-53)131-96(82(124)75(88)117)139-90-69(48-104-41-34-55-11-25-62(111)26-12-55)133-98(84(126)77(90)119)140-91-70(49-105-42-35-56-13-27-63(112)28-14-56)132-97(83(125)76(91)118)138-89-68(47-103-40-33-54-9-23-61(110)24-10-54)130-95(81(123)74(89)116)136-87-66(128-93(134-85)79(121)72(87)114)45-101-38-31-52-5-19-59(108)20-6-52/h1-28,64-126H,29-49H2/t64-,65-,66-,67-,68-,69-,70-,71-,72-,73-,74-,75-,76-,77-,78-,79-,80-,81-,82-,83-,84-,85-,86-,87-,88-,89-,90-,91-,92-,93-,94-,95-,96-,97-,98-/m1/s1. The van der Waals surface area contributed by atoms with E-state index < -0.39 is 215 Å². The molecule has 42 nitrogen and oxygen atoms in total. The summed E-state index contributed by atoms with van der Waals surface area (Å²) in [6.45, 7) is -0.461. The Morgan fingerprint density at radius 1 is 0.150 bits per heavy atom. The topological polar surface area (TPSA) is 638 Å². The molecule has 21 saturated heterocycles. The second-order valence-corrected chi connectivity index (χ2v) is 36.7. The summed E-state index contributed by atoms with van der Waals surface area (Å²) in [7, 11) is 0. The van der Waals surface area contributed by atoms with E-state index >= 15 is 0 Å². The van der Waals surface area contributed by atoms with Gasteiger partial charge < -0.3 is 211 Å². The first kappa shape index (κ1) is 106. The minimum absolute atomic E-state index is 0.0224. The number of rotatable bonds is 35. The molecule has 0 aliphatic carbocycles. The van der Waals surface area contributed by atoms with Crippen LogP contribution in [0.2, 0.25) is 0 Å². The molecule has 140 heavy (non-hydrogen) atoms. The van der Waals surface area contributed by atoms with E-state index in [2.05, 4.69) is 37.2 Å². The molecule has 0 aromatic heterocycles. The van der Waals surface area contributed by atoms with Crippen molar-refractivity contribution in [1.82, 2.24) is 37.2 Å². The third kappa shape index (κ3) is 27.7. The normalized spacial score (nSPS) is 35.6. The fraction of sp³-hybridized carbons (Fsp3) is 0.571. The summed E-state index contributed by atoms with van der Waals surface area (Å²) in [6, 6.07) is 44.9. The lowest BCUT2D eigenvalue weighted by molar-refractivity contribution is -0.392. The lowest BCUT2D eigenvalue weighted by atomic mass is 9.94. The first-order valence-electron chi connectivity index (χ1n) is 47.6. The highest BCUT2D eigenvalue weighted by Gasteiger charge is 2.60. The number of aliphatic hydroxyl groups is 14. The molecule has 0 spiro atoms. The van der Waals surface area contributed by atoms with E-state index in [4.69, 9.17) is 66.3 Å². The summed E-state index contributed by atoms with van der Waals surface area (Å²) < 4.78 is 92.6. The zero-order valence-corrected chi connectivity index (χ0v) is 76.8. The molecule has 0 radical (unpaired) electrons. The maximum atomic E-state index is 12.7. The Labute approximate surface area is 807 Å². The molecule has 14 bridgehead atoms. The van der Waals surface area contributed by atoms with Crippen LogP contribution in [0.5, 0.6) is 40.2 Å². The smallest absolute Gasteiger partial charge is 0.187 e. The molecule has 42 heteroatoms. The van der Waals surface area contributed by atoms with Crippen molar-refractivity contribution in [2.45, 2.75) is 260 Å². The van der Waals surface area contributed by atoms with Crippen LogP contribution in [-0.4, -0.2) is 414 Å². The molecule has 21 heterocycles. The van der Waals surface area contributed by atoms with E-state index in [1.165, 1.54) is 84.9 Å². The van der Waals surface area contributed by atoms with Crippen LogP contribution >= 0.6 is 0 Å². The SMILES string of the molecule is Oc1ccc(CCNC[C@H]2O[C@@H]3O[C@H]4[C@H](O)[C@@H](O)[C@@H](O[C@H]5[C@H](O)[C@@H](O)[C@@H](O[C@H]6[C@H](O)[C@@H](O)[C@@H](O[C@H]7[C@H](O)[C@@H](O)[C@@H](O[C@H]8[C@H](O)[C@@H](O)[C@@H](O[C@H]9[C@H](O)[C@@H](O)[C@@H](O[C@H]2[C@H](O)[C@H]3O)O[C@@H]9CNCCc2ccc(O)cc2)O[C@@H]8CNCCc2ccc(O)cc2)O[C@@H]7CNCCc2ccc(O)cc2)O[C@@H]6CNCCc2ccc(O)cc2)O[C@@H]5CNCCc2ccc(O)cc2)O[C@@H]4CNCCc2ccc(O)cc2)cc1. The van der Waals surface area contributed by atoms with Crippen LogP contribution in [0.3, 0.4) is 0 Å². The van der Waals surface area contributed by atoms with Gasteiger partial charge in [0.25, 0.3) is 0 Å². The molecule has 7 aromatic carbocycles. The van der Waals surface area contributed by atoms with Gasteiger partial charge in [-0.15, -0.1) is 0 Å². The Balaban J connectivity index is 0.788. The lowest BCUT2D eigenvalue weighted by Gasteiger charge is -2.50. The molecule has 0 unspecified atom stereocenters. The Morgan fingerprint density at radius 3 is 0.364 bits per heavy atom. The van der Waals surface area contributed by atoms with Gasteiger partial charge in [0.05, 0.1) is 0 Å². The van der Waals surface area contributed by atoms with Crippen LogP contribution in [0, 0.1) is 0 Å². The van der Waals surface area contributed by atoms with Gasteiger partial charge in [0.15, 0.2) is 44.0 Å². The average molecular weight is 1970 g/mol. The van der Waals surface area contributed by atoms with Crippen molar-refractivity contribution < 1.29 is 174 Å². The largest absolute Gasteiger partial charge is 0.508 e. The van der Waals surface area contributed by atoms with Crippen LogP contribution in [0.25, 0.3) is 0 Å². The van der Waals surface area contributed by atoms with Gasteiger partial charge in [-0.25, -0.2) is 0 Å². The van der Waals surface area contributed by atoms with Gasteiger partial charge in [-0.1, -0.05) is 84.9 Å². The van der Waals surface area contributed by atoms with Crippen molar-refractivity contribution in [3.63, 3.8) is 0 Å². The van der Waals surface area contributed by atoms with Crippen molar-refractivity contribution >= 4 is 0 Å². The average Bonchev–Trinajstić information content (AvgIpc) is 0.787. The molecule has 0 saturated carbocycles. The Hall–Kier alpha value is -8.26. The van der Waals surface area contributed by atoms with E-state index in [0.29, 0.717) is 44.9 Å². The predicted molar refractivity (Wildman–Crippen MR) is 492 cm³/mol. The van der Waals surface area contributed by atoms with Crippen LogP contribution in [-0.2, 0) is 111 Å². The molecule has 770 valence electrons. The highest BCUT2D eigenvalue weighted by molar-refractivity contribution is 5.32. The minimum atomic E-state index is -2.17. The van der Waals surface area contributed by atoms with Crippen LogP contribution < -0.4 is 37.2 Å². The Bertz CT molecular complexity index is 4000. The molecule has 21 aliphatic heterocycles. The molecular formula is C98H133N7O35. The summed E-state index contributed by atoms with van der Waals surface area (Å²) in [5.41, 5.74) is 5.49. The van der Waals surface area contributed by atoms with Crippen LogP contribution in [0.4, 0.5) is 0 Å². The summed E-state index contributed by atoms with van der Waals surface area (Å²) in [5, 5.41) is 271. The van der Waals surface area contributed by atoms with Crippen molar-refractivity contribution in [1.29, 1.82) is 0 Å². The summed E-state index contributed by atoms with van der Waals surface area (Å²) >= 11 is 0. The third-order valence-corrected chi connectivity index (χ3v) is 26.6. The number of aliphatic hydroxyl groups excluding tert-OH is 14. The van der Waals surface area contributed by atoms with Crippen molar-refractivity contribution in [3.8, 4) is 40.2 Å². The zero-order chi connectivity index (χ0) is 98.8. The molecule has 21 aliphatic rings.